The van der Waals surface area contributed by atoms with E-state index in [1.165, 1.54) is 24.2 Å². The maximum absolute atomic E-state index is 12.2. The zero-order valence-corrected chi connectivity index (χ0v) is 17.4. The average Bonchev–Trinajstić information content (AvgIpc) is 3.10. The molecule has 0 spiro atoms. The standard InChI is InChI=1S/C22H24N4O2S/c1-3-26-20(15-17-7-5-4-6-8-17)24-25-22(26)29-14-13-21(28)23-19-11-9-18(10-12-19)16(2)27/h4-12H,3,13-15H2,1-2H3,(H,23,28). The Morgan fingerprint density at radius 1 is 1.03 bits per heavy atom. The lowest BCUT2D eigenvalue weighted by atomic mass is 10.1. The number of ketones is 1. The Kier molecular flexibility index (Phi) is 7.19. The van der Waals surface area contributed by atoms with Gasteiger partial charge in [-0.2, -0.15) is 0 Å². The molecule has 29 heavy (non-hydrogen) atoms. The van der Waals surface area contributed by atoms with E-state index < -0.39 is 0 Å². The van der Waals surface area contributed by atoms with Crippen molar-refractivity contribution in [3.05, 3.63) is 71.5 Å². The number of thioether (sulfide) groups is 1. The predicted molar refractivity (Wildman–Crippen MR) is 115 cm³/mol. The van der Waals surface area contributed by atoms with Crippen LogP contribution < -0.4 is 5.32 Å². The van der Waals surface area contributed by atoms with Crippen molar-refractivity contribution in [1.82, 2.24) is 14.8 Å². The Morgan fingerprint density at radius 3 is 2.41 bits per heavy atom. The molecule has 0 atom stereocenters. The first kappa shape index (κ1) is 20.8. The SMILES string of the molecule is CCn1c(Cc2ccccc2)nnc1SCCC(=O)Nc1ccc(C(C)=O)cc1. The third kappa shape index (κ3) is 5.77. The van der Waals surface area contributed by atoms with Gasteiger partial charge in [0.2, 0.25) is 5.91 Å². The number of nitrogens with one attached hydrogen (secondary N) is 1. The van der Waals surface area contributed by atoms with Gasteiger partial charge < -0.3 is 9.88 Å². The first-order chi connectivity index (χ1) is 14.1. The Labute approximate surface area is 174 Å². The molecular formula is C22H24N4O2S. The van der Waals surface area contributed by atoms with Gasteiger partial charge in [-0.05, 0) is 43.7 Å². The van der Waals surface area contributed by atoms with Crippen LogP contribution in [0.1, 0.15) is 42.0 Å². The van der Waals surface area contributed by atoms with Gasteiger partial charge in [-0.15, -0.1) is 10.2 Å². The normalized spacial score (nSPS) is 10.7. The number of hydrogen-bond acceptors (Lipinski definition) is 5. The van der Waals surface area contributed by atoms with Crippen LogP contribution in [0.4, 0.5) is 5.69 Å². The second-order valence-corrected chi connectivity index (χ2v) is 7.65. The molecule has 0 aliphatic rings. The molecule has 1 N–H and O–H groups in total. The van der Waals surface area contributed by atoms with Crippen molar-refractivity contribution in [2.45, 2.75) is 38.4 Å². The van der Waals surface area contributed by atoms with Crippen molar-refractivity contribution in [3.8, 4) is 0 Å². The summed E-state index contributed by atoms with van der Waals surface area (Å²) in [5.74, 6) is 1.48. The van der Waals surface area contributed by atoms with Crippen LogP contribution >= 0.6 is 11.8 Å². The van der Waals surface area contributed by atoms with Crippen LogP contribution in [0.15, 0.2) is 59.8 Å². The van der Waals surface area contributed by atoms with Crippen LogP contribution in [0.2, 0.25) is 0 Å². The van der Waals surface area contributed by atoms with Gasteiger partial charge in [0.05, 0.1) is 0 Å². The Balaban J connectivity index is 1.52. The highest BCUT2D eigenvalue weighted by Gasteiger charge is 2.12. The number of anilines is 1. The van der Waals surface area contributed by atoms with Crippen LogP contribution in [-0.4, -0.2) is 32.2 Å². The lowest BCUT2D eigenvalue weighted by Crippen LogP contribution is -2.12. The molecular weight excluding hydrogens is 384 g/mol. The van der Waals surface area contributed by atoms with Crippen LogP contribution in [0.3, 0.4) is 0 Å². The molecule has 1 aromatic heterocycles. The molecule has 0 radical (unpaired) electrons. The number of nitrogens with zero attached hydrogens (tertiary/aromatic N) is 3. The van der Waals surface area contributed by atoms with Crippen molar-refractivity contribution < 1.29 is 9.59 Å². The smallest absolute Gasteiger partial charge is 0.225 e. The number of Topliss-reactive ketones (excluding diaryl/α,β-unsaturated/α-hetero) is 1. The van der Waals surface area contributed by atoms with Gasteiger partial charge in [0, 0.05) is 36.4 Å². The van der Waals surface area contributed by atoms with Crippen LogP contribution in [-0.2, 0) is 17.8 Å². The number of carbonyl (C=O) groups excluding carboxylic acids is 2. The number of amides is 1. The van der Waals surface area contributed by atoms with Crippen LogP contribution in [0.5, 0.6) is 0 Å². The molecule has 0 saturated carbocycles. The maximum Gasteiger partial charge on any atom is 0.225 e. The quantitative estimate of drug-likeness (QED) is 0.424. The molecule has 3 aromatic rings. The second kappa shape index (κ2) is 10.0. The Morgan fingerprint density at radius 2 is 1.76 bits per heavy atom. The van der Waals surface area contributed by atoms with E-state index >= 15 is 0 Å². The van der Waals surface area contributed by atoms with E-state index in [1.54, 1.807) is 24.3 Å². The van der Waals surface area contributed by atoms with Crippen molar-refractivity contribution in [2.75, 3.05) is 11.1 Å². The number of aromatic nitrogens is 3. The highest BCUT2D eigenvalue weighted by atomic mass is 32.2. The molecule has 0 saturated heterocycles. The number of benzene rings is 2. The Hall–Kier alpha value is -2.93. The molecule has 3 rings (SSSR count). The second-order valence-electron chi connectivity index (χ2n) is 6.59. The zero-order valence-electron chi connectivity index (χ0n) is 16.6. The fraction of sp³-hybridized carbons (Fsp3) is 0.273. The van der Waals surface area contributed by atoms with Gasteiger partial charge in [-0.3, -0.25) is 9.59 Å². The van der Waals surface area contributed by atoms with Crippen LogP contribution in [0.25, 0.3) is 0 Å². The van der Waals surface area contributed by atoms with Gasteiger partial charge in [0.15, 0.2) is 10.9 Å². The summed E-state index contributed by atoms with van der Waals surface area (Å²) in [7, 11) is 0. The predicted octanol–water partition coefficient (Wildman–Crippen LogP) is 4.21. The minimum absolute atomic E-state index is 0.00551. The third-order valence-electron chi connectivity index (χ3n) is 4.45. The lowest BCUT2D eigenvalue weighted by Gasteiger charge is -2.08. The minimum atomic E-state index is -0.0693. The van der Waals surface area contributed by atoms with Gasteiger partial charge in [-0.1, -0.05) is 42.1 Å². The summed E-state index contributed by atoms with van der Waals surface area (Å²) in [5, 5.41) is 12.3. The van der Waals surface area contributed by atoms with Gasteiger partial charge in [0.25, 0.3) is 0 Å². The molecule has 0 bridgehead atoms. The summed E-state index contributed by atoms with van der Waals surface area (Å²) in [6.45, 7) is 4.37. The fourth-order valence-electron chi connectivity index (χ4n) is 2.90. The highest BCUT2D eigenvalue weighted by Crippen LogP contribution is 2.20. The molecule has 0 aliphatic heterocycles. The highest BCUT2D eigenvalue weighted by molar-refractivity contribution is 7.99. The maximum atomic E-state index is 12.2. The van der Waals surface area contributed by atoms with E-state index in [1.807, 2.05) is 18.2 Å². The Bertz CT molecular complexity index is 968. The summed E-state index contributed by atoms with van der Waals surface area (Å²) in [6.07, 6.45) is 1.10. The van der Waals surface area contributed by atoms with E-state index in [4.69, 9.17) is 0 Å². The van der Waals surface area contributed by atoms with E-state index in [2.05, 4.69) is 39.1 Å². The van der Waals surface area contributed by atoms with Gasteiger partial charge >= 0.3 is 0 Å². The molecule has 6 nitrogen and oxygen atoms in total. The molecule has 1 amide bonds. The molecule has 150 valence electrons. The first-order valence-electron chi connectivity index (χ1n) is 9.56. The number of carbonyl (C=O) groups is 2. The van der Waals surface area contributed by atoms with Crippen LogP contribution in [0, 0.1) is 0 Å². The minimum Gasteiger partial charge on any atom is -0.326 e. The van der Waals surface area contributed by atoms with Crippen molar-refractivity contribution in [1.29, 1.82) is 0 Å². The molecule has 7 heteroatoms. The summed E-state index contributed by atoms with van der Waals surface area (Å²) < 4.78 is 2.09. The summed E-state index contributed by atoms with van der Waals surface area (Å²) in [4.78, 5) is 23.5. The van der Waals surface area contributed by atoms with E-state index in [9.17, 15) is 9.59 Å². The van der Waals surface area contributed by atoms with Crippen molar-refractivity contribution in [3.63, 3.8) is 0 Å². The number of rotatable bonds is 9. The topological polar surface area (TPSA) is 76.9 Å². The van der Waals surface area contributed by atoms with Gasteiger partial charge in [0.1, 0.15) is 5.82 Å². The molecule has 1 heterocycles. The average molecular weight is 409 g/mol. The zero-order chi connectivity index (χ0) is 20.6. The largest absolute Gasteiger partial charge is 0.326 e. The molecule has 0 fully saturated rings. The van der Waals surface area contributed by atoms with Gasteiger partial charge in [-0.25, -0.2) is 0 Å². The van der Waals surface area contributed by atoms with E-state index in [-0.39, 0.29) is 11.7 Å². The van der Waals surface area contributed by atoms with E-state index in [0.717, 1.165) is 23.9 Å². The summed E-state index contributed by atoms with van der Waals surface area (Å²) in [5.41, 5.74) is 2.51. The fourth-order valence-corrected chi connectivity index (χ4v) is 3.86. The van der Waals surface area contributed by atoms with E-state index in [0.29, 0.717) is 23.4 Å². The third-order valence-corrected chi connectivity index (χ3v) is 5.42. The molecule has 0 aliphatic carbocycles. The lowest BCUT2D eigenvalue weighted by molar-refractivity contribution is -0.115. The monoisotopic (exact) mass is 408 g/mol. The first-order valence-corrected chi connectivity index (χ1v) is 10.5. The van der Waals surface area contributed by atoms with Crippen molar-refractivity contribution in [2.24, 2.45) is 0 Å². The van der Waals surface area contributed by atoms with Crippen molar-refractivity contribution >= 4 is 29.1 Å². The summed E-state index contributed by atoms with van der Waals surface area (Å²) in [6, 6.07) is 17.1. The summed E-state index contributed by atoms with van der Waals surface area (Å²) >= 11 is 1.53. The number of hydrogen-bond donors (Lipinski definition) is 1. The molecule has 0 unspecified atom stereocenters. The molecule has 2 aromatic carbocycles.